The predicted molar refractivity (Wildman–Crippen MR) is 43.6 cm³/mol. The molecule has 0 aromatic rings. The largest absolute Gasteiger partial charge is 0.477 e. The maximum Gasteiger partial charge on any atom is 0.351 e. The lowest BCUT2D eigenvalue weighted by atomic mass is 10.4. The minimum atomic E-state index is -1.00. The molecule has 0 aliphatic heterocycles. The van der Waals surface area contributed by atoms with Crippen molar-refractivity contribution in [1.29, 1.82) is 0 Å². The molecule has 0 radical (unpaired) electrons. The van der Waals surface area contributed by atoms with Gasteiger partial charge in [-0.25, -0.2) is 4.79 Å². The van der Waals surface area contributed by atoms with Gasteiger partial charge in [0.05, 0.1) is 0 Å². The number of carboxylic acid groups (broad SMARTS) is 1. The molecule has 0 atom stereocenters. The quantitative estimate of drug-likeness (QED) is 0.265. The molecule has 0 saturated carbocycles. The first-order chi connectivity index (χ1) is 5.18. The second-order valence-corrected chi connectivity index (χ2v) is 1.99. The molecule has 0 aromatic heterocycles. The molecule has 0 aromatic carbocycles. The van der Waals surface area contributed by atoms with E-state index in [0.29, 0.717) is 6.54 Å². The number of hydrogen-bond donors (Lipinski definition) is 2. The van der Waals surface area contributed by atoms with Gasteiger partial charge in [0, 0.05) is 6.54 Å². The van der Waals surface area contributed by atoms with Crippen LogP contribution in [0.15, 0.2) is 17.8 Å². The highest BCUT2D eigenvalue weighted by Gasteiger charge is 1.99. The normalized spacial score (nSPS) is 10.8. The van der Waals surface area contributed by atoms with E-state index in [9.17, 15) is 4.79 Å². The first-order valence-corrected chi connectivity index (χ1v) is 3.29. The van der Waals surface area contributed by atoms with E-state index in [0.717, 1.165) is 6.42 Å². The molecule has 0 aliphatic rings. The average Bonchev–Trinajstić information content (AvgIpc) is 1.97. The van der Waals surface area contributed by atoms with Gasteiger partial charge in [-0.15, -0.1) is 6.58 Å². The maximum atomic E-state index is 10.2. The summed E-state index contributed by atoms with van der Waals surface area (Å²) in [6.07, 6.45) is 2.51. The average molecular weight is 156 g/mol. The maximum absolute atomic E-state index is 10.2. The Kier molecular flexibility index (Phi) is 4.81. The molecule has 0 rings (SSSR count). The highest BCUT2D eigenvalue weighted by Crippen LogP contribution is 1.77. The van der Waals surface area contributed by atoms with Crippen LogP contribution in [0, 0.1) is 0 Å². The van der Waals surface area contributed by atoms with E-state index in [-0.39, 0.29) is 5.71 Å². The van der Waals surface area contributed by atoms with Crippen molar-refractivity contribution in [3.8, 4) is 0 Å². The minimum Gasteiger partial charge on any atom is -0.477 e. The van der Waals surface area contributed by atoms with Crippen LogP contribution in [0.5, 0.6) is 0 Å². The molecule has 4 heteroatoms. The van der Waals surface area contributed by atoms with Crippen LogP contribution >= 0.6 is 0 Å². The number of rotatable bonds is 5. The highest BCUT2D eigenvalue weighted by atomic mass is 16.4. The van der Waals surface area contributed by atoms with Gasteiger partial charge in [0.25, 0.3) is 0 Å². The zero-order chi connectivity index (χ0) is 8.69. The molecule has 0 saturated heterocycles. The van der Waals surface area contributed by atoms with Gasteiger partial charge in [-0.05, 0) is 13.3 Å². The van der Waals surface area contributed by atoms with E-state index in [4.69, 9.17) is 5.11 Å². The summed E-state index contributed by atoms with van der Waals surface area (Å²) in [5.41, 5.74) is 2.67. The van der Waals surface area contributed by atoms with E-state index < -0.39 is 5.97 Å². The molecule has 2 N–H and O–H groups in total. The highest BCUT2D eigenvalue weighted by molar-refractivity contribution is 6.34. The van der Waals surface area contributed by atoms with Crippen molar-refractivity contribution in [2.24, 2.45) is 5.10 Å². The summed E-state index contributed by atoms with van der Waals surface area (Å²) in [5.74, 6) is -1.00. The van der Waals surface area contributed by atoms with Crippen LogP contribution in [0.2, 0.25) is 0 Å². The van der Waals surface area contributed by atoms with Gasteiger partial charge in [0.15, 0.2) is 0 Å². The van der Waals surface area contributed by atoms with E-state index in [1.165, 1.54) is 6.92 Å². The minimum absolute atomic E-state index is 0.0639. The summed E-state index contributed by atoms with van der Waals surface area (Å²) in [4.78, 5) is 10.2. The number of nitrogens with zero attached hydrogens (tertiary/aromatic N) is 1. The van der Waals surface area contributed by atoms with Gasteiger partial charge in [0.2, 0.25) is 0 Å². The summed E-state index contributed by atoms with van der Waals surface area (Å²) in [6.45, 7) is 5.56. The van der Waals surface area contributed by atoms with E-state index in [1.54, 1.807) is 6.08 Å². The lowest BCUT2D eigenvalue weighted by Crippen LogP contribution is -2.15. The summed E-state index contributed by atoms with van der Waals surface area (Å²) < 4.78 is 0. The van der Waals surface area contributed by atoms with Crippen molar-refractivity contribution in [1.82, 2.24) is 5.43 Å². The Bertz CT molecular complexity index is 175. The Morgan fingerprint density at radius 2 is 2.45 bits per heavy atom. The second kappa shape index (κ2) is 5.46. The van der Waals surface area contributed by atoms with Crippen LogP contribution in [0.1, 0.15) is 13.3 Å². The van der Waals surface area contributed by atoms with E-state index in [2.05, 4.69) is 17.1 Å². The van der Waals surface area contributed by atoms with Crippen molar-refractivity contribution in [2.45, 2.75) is 13.3 Å². The molecule has 0 bridgehead atoms. The van der Waals surface area contributed by atoms with Crippen LogP contribution in [0.4, 0.5) is 0 Å². The molecule has 4 nitrogen and oxygen atoms in total. The summed E-state index contributed by atoms with van der Waals surface area (Å²) in [7, 11) is 0. The Morgan fingerprint density at radius 1 is 1.82 bits per heavy atom. The molecule has 0 fully saturated rings. The Morgan fingerprint density at radius 3 is 2.91 bits per heavy atom. The number of hydrogen-bond acceptors (Lipinski definition) is 3. The van der Waals surface area contributed by atoms with Crippen LogP contribution in [-0.2, 0) is 4.79 Å². The second-order valence-electron chi connectivity index (χ2n) is 1.99. The molecule has 0 amide bonds. The molecular weight excluding hydrogens is 144 g/mol. The van der Waals surface area contributed by atoms with Gasteiger partial charge in [0.1, 0.15) is 5.71 Å². The number of aliphatic carboxylic acids is 1. The van der Waals surface area contributed by atoms with Gasteiger partial charge in [-0.1, -0.05) is 6.08 Å². The lowest BCUT2D eigenvalue weighted by molar-refractivity contribution is -0.129. The van der Waals surface area contributed by atoms with E-state index in [1.807, 2.05) is 0 Å². The number of nitrogens with one attached hydrogen (secondary N) is 1. The zero-order valence-electron chi connectivity index (χ0n) is 6.50. The van der Waals surface area contributed by atoms with Gasteiger partial charge < -0.3 is 10.5 Å². The SMILES string of the molecule is C=CCCN/N=C(/C)C(=O)O. The molecular formula is C7H12N2O2. The van der Waals surface area contributed by atoms with Crippen LogP contribution in [0.25, 0.3) is 0 Å². The fourth-order valence-corrected chi connectivity index (χ4v) is 0.389. The molecule has 0 aliphatic carbocycles. The first kappa shape index (κ1) is 9.68. The fourth-order valence-electron chi connectivity index (χ4n) is 0.389. The third-order valence-corrected chi connectivity index (χ3v) is 1.02. The topological polar surface area (TPSA) is 61.7 Å². The van der Waals surface area contributed by atoms with Crippen molar-refractivity contribution < 1.29 is 9.90 Å². The van der Waals surface area contributed by atoms with Crippen LogP contribution < -0.4 is 5.43 Å². The summed E-state index contributed by atoms with van der Waals surface area (Å²) >= 11 is 0. The van der Waals surface area contributed by atoms with Crippen molar-refractivity contribution in [2.75, 3.05) is 6.54 Å². The van der Waals surface area contributed by atoms with Crippen molar-refractivity contribution in [3.63, 3.8) is 0 Å². The molecule has 11 heavy (non-hydrogen) atoms. The Labute approximate surface area is 65.6 Å². The van der Waals surface area contributed by atoms with Gasteiger partial charge >= 0.3 is 5.97 Å². The van der Waals surface area contributed by atoms with Gasteiger partial charge in [-0.2, -0.15) is 5.10 Å². The molecule has 0 heterocycles. The summed E-state index contributed by atoms with van der Waals surface area (Å²) in [5, 5.41) is 11.9. The predicted octanol–water partition coefficient (Wildman–Crippen LogP) is 0.613. The van der Waals surface area contributed by atoms with E-state index >= 15 is 0 Å². The third kappa shape index (κ3) is 5.14. The van der Waals surface area contributed by atoms with Crippen molar-refractivity contribution >= 4 is 11.7 Å². The smallest absolute Gasteiger partial charge is 0.351 e. The molecule has 62 valence electrons. The lowest BCUT2D eigenvalue weighted by Gasteiger charge is -1.96. The first-order valence-electron chi connectivity index (χ1n) is 3.29. The Hall–Kier alpha value is -1.32. The number of hydrazone groups is 1. The van der Waals surface area contributed by atoms with Crippen LogP contribution in [0.3, 0.4) is 0 Å². The molecule has 0 unspecified atom stereocenters. The fraction of sp³-hybridized carbons (Fsp3) is 0.429. The third-order valence-electron chi connectivity index (χ3n) is 1.02. The number of carbonyl (C=O) groups is 1. The molecule has 0 spiro atoms. The zero-order valence-corrected chi connectivity index (χ0v) is 6.50. The van der Waals surface area contributed by atoms with Gasteiger partial charge in [-0.3, -0.25) is 0 Å². The van der Waals surface area contributed by atoms with Crippen LogP contribution in [-0.4, -0.2) is 23.3 Å². The monoisotopic (exact) mass is 156 g/mol. The number of carboxylic acids is 1. The van der Waals surface area contributed by atoms with Crippen molar-refractivity contribution in [3.05, 3.63) is 12.7 Å². The summed E-state index contributed by atoms with van der Waals surface area (Å²) in [6, 6.07) is 0. The standard InChI is InChI=1S/C7H12N2O2/c1-3-4-5-8-9-6(2)7(10)11/h3,8H,1,4-5H2,2H3,(H,10,11)/b9-6-. The Balaban J connectivity index is 3.56.